The Labute approximate surface area is 124 Å². The minimum Gasteiger partial charge on any atom is -0.481 e. The topological polar surface area (TPSA) is 87.2 Å². The van der Waals surface area contributed by atoms with Crippen LogP contribution in [-0.4, -0.2) is 65.2 Å². The van der Waals surface area contributed by atoms with Crippen LogP contribution in [0.1, 0.15) is 27.7 Å². The van der Waals surface area contributed by atoms with Crippen molar-refractivity contribution in [3.8, 4) is 0 Å². The van der Waals surface area contributed by atoms with Crippen molar-refractivity contribution in [2.24, 2.45) is 11.8 Å². The quantitative estimate of drug-likeness (QED) is 0.766. The summed E-state index contributed by atoms with van der Waals surface area (Å²) in [5.74, 6) is -1.99. The molecule has 0 aliphatic carbocycles. The molecule has 1 saturated heterocycles. The number of carboxylic acid groups (broad SMARTS) is 1. The molecule has 0 aromatic heterocycles. The molecule has 1 rings (SSSR count). The van der Waals surface area contributed by atoms with Crippen molar-refractivity contribution in [1.29, 1.82) is 0 Å². The maximum Gasteiger partial charge on any atom is 0.325 e. The zero-order valence-corrected chi connectivity index (χ0v) is 13.0. The monoisotopic (exact) mass is 300 g/mol. The molecule has 2 amide bonds. The first-order chi connectivity index (χ1) is 9.77. The smallest absolute Gasteiger partial charge is 0.325 e. The van der Waals surface area contributed by atoms with E-state index in [0.717, 1.165) is 0 Å². The third-order valence-corrected chi connectivity index (χ3v) is 3.67. The minimum absolute atomic E-state index is 0.0944. The van der Waals surface area contributed by atoms with E-state index >= 15 is 0 Å². The van der Waals surface area contributed by atoms with Crippen molar-refractivity contribution in [2.75, 3.05) is 26.2 Å². The zero-order chi connectivity index (χ0) is 16.2. The number of nitrogens with zero attached hydrogens (tertiary/aromatic N) is 2. The van der Waals surface area contributed by atoms with Gasteiger partial charge in [0, 0.05) is 19.1 Å². The van der Waals surface area contributed by atoms with Crippen LogP contribution >= 0.6 is 0 Å². The number of carboxylic acids is 1. The number of ether oxygens (including phenoxy) is 1. The summed E-state index contributed by atoms with van der Waals surface area (Å²) in [6.07, 6.45) is 0. The number of hydrogen-bond donors (Lipinski definition) is 1. The molecule has 1 aliphatic rings. The number of likely N-dealkylation sites (tertiary alicyclic amines) is 1. The fraction of sp³-hybridized carbons (Fsp3) is 0.786. The van der Waals surface area contributed by atoms with Crippen LogP contribution in [0.3, 0.4) is 0 Å². The number of urea groups is 1. The minimum atomic E-state index is -0.890. The van der Waals surface area contributed by atoms with Gasteiger partial charge in [0.1, 0.15) is 6.54 Å². The predicted octanol–water partition coefficient (Wildman–Crippen LogP) is 1.03. The van der Waals surface area contributed by atoms with Crippen LogP contribution in [0.15, 0.2) is 0 Å². The second-order valence-corrected chi connectivity index (χ2v) is 5.64. The Balaban J connectivity index is 2.74. The summed E-state index contributed by atoms with van der Waals surface area (Å²) < 4.78 is 4.87. The van der Waals surface area contributed by atoms with Crippen LogP contribution < -0.4 is 0 Å². The molecule has 21 heavy (non-hydrogen) atoms. The molecule has 1 fully saturated rings. The summed E-state index contributed by atoms with van der Waals surface area (Å²) in [5.41, 5.74) is 0. The van der Waals surface area contributed by atoms with Crippen molar-refractivity contribution in [1.82, 2.24) is 9.80 Å². The van der Waals surface area contributed by atoms with Gasteiger partial charge in [-0.1, -0.05) is 6.92 Å². The van der Waals surface area contributed by atoms with Gasteiger partial charge in [-0.05, 0) is 26.7 Å². The second-order valence-electron chi connectivity index (χ2n) is 5.64. The average molecular weight is 300 g/mol. The van der Waals surface area contributed by atoms with Crippen molar-refractivity contribution in [2.45, 2.75) is 33.7 Å². The summed E-state index contributed by atoms with van der Waals surface area (Å²) in [6.45, 7) is 7.86. The maximum absolute atomic E-state index is 12.5. The molecule has 0 aromatic carbocycles. The third kappa shape index (κ3) is 4.34. The molecular formula is C14H24N2O5. The van der Waals surface area contributed by atoms with E-state index in [0.29, 0.717) is 6.54 Å². The molecule has 0 spiro atoms. The van der Waals surface area contributed by atoms with Gasteiger partial charge < -0.3 is 19.6 Å². The Hall–Kier alpha value is -1.79. The lowest BCUT2D eigenvalue weighted by Crippen LogP contribution is -2.48. The molecule has 0 aromatic rings. The number of carbonyl (C=O) groups excluding carboxylic acids is 2. The standard InChI is InChI=1S/C14H24N2O5/c1-5-21-12(17)8-16(9(2)3)14(20)15-6-10(4)11(7-15)13(18)19/h9-11H,5-8H2,1-4H3,(H,18,19)/t10-,11-/m1/s1. The normalized spacial score (nSPS) is 21.5. The molecule has 0 saturated carbocycles. The van der Waals surface area contributed by atoms with E-state index in [4.69, 9.17) is 9.84 Å². The van der Waals surface area contributed by atoms with Gasteiger partial charge in [0.25, 0.3) is 0 Å². The maximum atomic E-state index is 12.5. The number of aliphatic carboxylic acids is 1. The molecule has 1 N–H and O–H groups in total. The SMILES string of the molecule is CCOC(=O)CN(C(=O)N1C[C@@H](C)[C@H](C(=O)O)C1)C(C)C. The Kier molecular flexibility index (Phi) is 5.99. The number of hydrogen-bond acceptors (Lipinski definition) is 4. The number of esters is 1. The molecular weight excluding hydrogens is 276 g/mol. The molecule has 0 unspecified atom stereocenters. The van der Waals surface area contributed by atoms with Gasteiger partial charge in [-0.2, -0.15) is 0 Å². The molecule has 1 heterocycles. The van der Waals surface area contributed by atoms with E-state index in [-0.39, 0.29) is 37.7 Å². The van der Waals surface area contributed by atoms with Crippen molar-refractivity contribution in [3.63, 3.8) is 0 Å². The van der Waals surface area contributed by atoms with Crippen molar-refractivity contribution < 1.29 is 24.2 Å². The Morgan fingerprint density at radius 3 is 2.38 bits per heavy atom. The Morgan fingerprint density at radius 2 is 1.95 bits per heavy atom. The lowest BCUT2D eigenvalue weighted by Gasteiger charge is -2.30. The van der Waals surface area contributed by atoms with E-state index in [1.165, 1.54) is 9.80 Å². The van der Waals surface area contributed by atoms with Crippen LogP contribution in [0, 0.1) is 11.8 Å². The van der Waals surface area contributed by atoms with Crippen LogP contribution in [0.2, 0.25) is 0 Å². The van der Waals surface area contributed by atoms with E-state index in [9.17, 15) is 14.4 Å². The largest absolute Gasteiger partial charge is 0.481 e. The zero-order valence-electron chi connectivity index (χ0n) is 13.0. The highest BCUT2D eigenvalue weighted by atomic mass is 16.5. The van der Waals surface area contributed by atoms with Gasteiger partial charge in [-0.25, -0.2) is 4.79 Å². The van der Waals surface area contributed by atoms with E-state index < -0.39 is 17.9 Å². The molecule has 0 bridgehead atoms. The first kappa shape index (κ1) is 17.3. The highest BCUT2D eigenvalue weighted by molar-refractivity contribution is 5.82. The summed E-state index contributed by atoms with van der Waals surface area (Å²) in [5, 5.41) is 9.12. The molecule has 2 atom stereocenters. The number of rotatable bonds is 5. The highest BCUT2D eigenvalue weighted by Crippen LogP contribution is 2.24. The Bertz CT molecular complexity index is 410. The van der Waals surface area contributed by atoms with Gasteiger partial charge in [0.05, 0.1) is 12.5 Å². The van der Waals surface area contributed by atoms with Crippen LogP contribution in [0.5, 0.6) is 0 Å². The number of amides is 2. The van der Waals surface area contributed by atoms with Gasteiger partial charge >= 0.3 is 18.0 Å². The van der Waals surface area contributed by atoms with Crippen molar-refractivity contribution >= 4 is 18.0 Å². The lowest BCUT2D eigenvalue weighted by molar-refractivity contribution is -0.144. The first-order valence-electron chi connectivity index (χ1n) is 7.21. The summed E-state index contributed by atoms with van der Waals surface area (Å²) >= 11 is 0. The second kappa shape index (κ2) is 7.28. The fourth-order valence-corrected chi connectivity index (χ4v) is 2.44. The van der Waals surface area contributed by atoms with Crippen LogP contribution in [0.4, 0.5) is 4.79 Å². The van der Waals surface area contributed by atoms with Gasteiger partial charge in [0.15, 0.2) is 0 Å². The highest BCUT2D eigenvalue weighted by Gasteiger charge is 2.39. The van der Waals surface area contributed by atoms with Gasteiger partial charge in [0.2, 0.25) is 0 Å². The number of carbonyl (C=O) groups is 3. The fourth-order valence-electron chi connectivity index (χ4n) is 2.44. The van der Waals surface area contributed by atoms with E-state index in [1.54, 1.807) is 6.92 Å². The van der Waals surface area contributed by atoms with Gasteiger partial charge in [-0.3, -0.25) is 9.59 Å². The average Bonchev–Trinajstić information content (AvgIpc) is 2.77. The summed E-state index contributed by atoms with van der Waals surface area (Å²) in [7, 11) is 0. The lowest BCUT2D eigenvalue weighted by atomic mass is 9.99. The molecule has 7 heteroatoms. The predicted molar refractivity (Wildman–Crippen MR) is 75.7 cm³/mol. The third-order valence-electron chi connectivity index (χ3n) is 3.67. The summed E-state index contributed by atoms with van der Waals surface area (Å²) in [6, 6.07) is -0.477. The van der Waals surface area contributed by atoms with E-state index in [2.05, 4.69) is 0 Å². The molecule has 7 nitrogen and oxygen atoms in total. The van der Waals surface area contributed by atoms with Crippen LogP contribution in [-0.2, 0) is 14.3 Å². The first-order valence-corrected chi connectivity index (χ1v) is 7.21. The summed E-state index contributed by atoms with van der Waals surface area (Å²) in [4.78, 5) is 38.1. The van der Waals surface area contributed by atoms with Crippen molar-refractivity contribution in [3.05, 3.63) is 0 Å². The molecule has 1 aliphatic heterocycles. The van der Waals surface area contributed by atoms with Crippen LogP contribution in [0.25, 0.3) is 0 Å². The Morgan fingerprint density at radius 1 is 1.33 bits per heavy atom. The van der Waals surface area contributed by atoms with Gasteiger partial charge in [-0.15, -0.1) is 0 Å². The van der Waals surface area contributed by atoms with E-state index in [1.807, 2.05) is 20.8 Å². The molecule has 0 radical (unpaired) electrons. The molecule has 120 valence electrons.